The van der Waals surface area contributed by atoms with E-state index in [1.165, 1.54) is 16.4 Å². The molecule has 21 heavy (non-hydrogen) atoms. The number of halogens is 1. The summed E-state index contributed by atoms with van der Waals surface area (Å²) in [5.74, 6) is -0.697. The summed E-state index contributed by atoms with van der Waals surface area (Å²) in [6, 6.07) is 4.06. The normalized spacial score (nSPS) is 12.3. The molecule has 0 radical (unpaired) electrons. The molecule has 0 fully saturated rings. The summed E-state index contributed by atoms with van der Waals surface area (Å²) >= 11 is 0. The highest BCUT2D eigenvalue weighted by Gasteiger charge is 2.29. The first kappa shape index (κ1) is 18.1. The molecule has 6 heteroatoms. The van der Waals surface area contributed by atoms with Crippen LogP contribution in [0, 0.1) is 5.82 Å². The molecule has 1 rings (SSSR count). The van der Waals surface area contributed by atoms with Gasteiger partial charge in [0.2, 0.25) is 10.0 Å². The van der Waals surface area contributed by atoms with E-state index in [9.17, 15) is 12.8 Å². The minimum absolute atomic E-state index is 0.202. The Balaban J connectivity index is 3.22. The first-order chi connectivity index (χ1) is 9.84. The van der Waals surface area contributed by atoms with Crippen LogP contribution in [0.1, 0.15) is 39.7 Å². The van der Waals surface area contributed by atoms with Gasteiger partial charge in [-0.2, -0.15) is 4.31 Å². The zero-order chi connectivity index (χ0) is 16.0. The molecule has 1 aromatic carbocycles. The monoisotopic (exact) mass is 316 g/mol. The van der Waals surface area contributed by atoms with E-state index in [1.807, 2.05) is 13.8 Å². The van der Waals surface area contributed by atoms with Crippen molar-refractivity contribution >= 4 is 10.0 Å². The Morgan fingerprint density at radius 2 is 1.95 bits per heavy atom. The molecule has 0 bridgehead atoms. The Labute approximate surface area is 127 Å². The fourth-order valence-electron chi connectivity index (χ4n) is 2.13. The summed E-state index contributed by atoms with van der Waals surface area (Å²) in [7, 11) is -3.81. The van der Waals surface area contributed by atoms with Crippen LogP contribution in [0.3, 0.4) is 0 Å². The lowest BCUT2D eigenvalue weighted by molar-refractivity contribution is 0.352. The Bertz CT molecular complexity index is 559. The highest BCUT2D eigenvalue weighted by molar-refractivity contribution is 7.89. The van der Waals surface area contributed by atoms with Gasteiger partial charge in [0.05, 0.1) is 0 Å². The van der Waals surface area contributed by atoms with Crippen LogP contribution in [-0.2, 0) is 16.6 Å². The van der Waals surface area contributed by atoms with Gasteiger partial charge in [0, 0.05) is 19.1 Å². The molecule has 0 aliphatic heterocycles. The van der Waals surface area contributed by atoms with Crippen molar-refractivity contribution in [2.75, 3.05) is 13.1 Å². The van der Waals surface area contributed by atoms with Crippen LogP contribution >= 0.6 is 0 Å². The largest absolute Gasteiger partial charge is 0.313 e. The lowest BCUT2D eigenvalue weighted by Crippen LogP contribution is -2.38. The zero-order valence-electron chi connectivity index (χ0n) is 13.2. The van der Waals surface area contributed by atoms with E-state index < -0.39 is 15.8 Å². The van der Waals surface area contributed by atoms with Crippen LogP contribution in [-0.4, -0.2) is 31.9 Å². The van der Waals surface area contributed by atoms with E-state index in [4.69, 9.17) is 0 Å². The molecule has 0 saturated carbocycles. The van der Waals surface area contributed by atoms with Gasteiger partial charge >= 0.3 is 0 Å². The van der Waals surface area contributed by atoms with Gasteiger partial charge in [0.15, 0.2) is 0 Å². The third-order valence-electron chi connectivity index (χ3n) is 3.18. The molecule has 0 spiro atoms. The molecular weight excluding hydrogens is 291 g/mol. The van der Waals surface area contributed by atoms with Gasteiger partial charge in [-0.05, 0) is 44.5 Å². The molecule has 0 aromatic heterocycles. The van der Waals surface area contributed by atoms with Gasteiger partial charge < -0.3 is 5.32 Å². The fourth-order valence-corrected chi connectivity index (χ4v) is 3.97. The van der Waals surface area contributed by atoms with Gasteiger partial charge in [-0.3, -0.25) is 0 Å². The summed E-state index contributed by atoms with van der Waals surface area (Å²) in [5.41, 5.74) is 0.761. The van der Waals surface area contributed by atoms with Gasteiger partial charge in [0.25, 0.3) is 0 Å². The fraction of sp³-hybridized carbons (Fsp3) is 0.600. The number of rotatable bonds is 8. The van der Waals surface area contributed by atoms with E-state index in [2.05, 4.69) is 5.32 Å². The molecule has 120 valence electrons. The molecule has 0 aliphatic rings. The predicted molar refractivity (Wildman–Crippen MR) is 83.1 cm³/mol. The third-order valence-corrected chi connectivity index (χ3v) is 5.27. The second kappa shape index (κ2) is 7.87. The highest BCUT2D eigenvalue weighted by Crippen LogP contribution is 2.23. The van der Waals surface area contributed by atoms with E-state index in [-0.39, 0.29) is 10.9 Å². The number of benzene rings is 1. The molecule has 1 aromatic rings. The average molecular weight is 316 g/mol. The summed E-state index contributed by atoms with van der Waals surface area (Å²) in [5, 5.41) is 3.11. The summed E-state index contributed by atoms with van der Waals surface area (Å²) < 4.78 is 40.7. The van der Waals surface area contributed by atoms with Crippen LogP contribution in [0.2, 0.25) is 0 Å². The molecule has 4 nitrogen and oxygen atoms in total. The van der Waals surface area contributed by atoms with Crippen molar-refractivity contribution in [3.8, 4) is 0 Å². The van der Waals surface area contributed by atoms with Crippen molar-refractivity contribution in [1.29, 1.82) is 0 Å². The standard InChI is InChI=1S/C15H25FN2O2S/c1-5-9-18(12(3)4)21(19,20)15-10-13(11-17-6-2)7-8-14(15)16/h7-8,10,12,17H,5-6,9,11H2,1-4H3. The lowest BCUT2D eigenvalue weighted by atomic mass is 10.2. The first-order valence-electron chi connectivity index (χ1n) is 7.35. The van der Waals surface area contributed by atoms with Crippen molar-refractivity contribution in [3.63, 3.8) is 0 Å². The summed E-state index contributed by atoms with van der Waals surface area (Å²) in [6.07, 6.45) is 0.691. The number of hydrogen-bond donors (Lipinski definition) is 1. The van der Waals surface area contributed by atoms with Crippen LogP contribution < -0.4 is 5.32 Å². The number of hydrogen-bond acceptors (Lipinski definition) is 3. The molecule has 0 amide bonds. The number of sulfonamides is 1. The minimum atomic E-state index is -3.81. The Hall–Kier alpha value is -0.980. The smallest absolute Gasteiger partial charge is 0.246 e. The van der Waals surface area contributed by atoms with Gasteiger partial charge in [0.1, 0.15) is 10.7 Å². The summed E-state index contributed by atoms with van der Waals surface area (Å²) in [6.45, 7) is 9.14. The Morgan fingerprint density at radius 3 is 2.48 bits per heavy atom. The molecule has 0 unspecified atom stereocenters. The van der Waals surface area contributed by atoms with E-state index in [0.717, 1.165) is 12.1 Å². The SMILES string of the molecule is CCCN(C(C)C)S(=O)(=O)c1cc(CNCC)ccc1F. The topological polar surface area (TPSA) is 49.4 Å². The minimum Gasteiger partial charge on any atom is -0.313 e. The predicted octanol–water partition coefficient (Wildman–Crippen LogP) is 2.74. The van der Waals surface area contributed by atoms with Gasteiger partial charge in [-0.15, -0.1) is 0 Å². The number of nitrogens with zero attached hydrogens (tertiary/aromatic N) is 1. The Morgan fingerprint density at radius 1 is 1.29 bits per heavy atom. The molecule has 0 heterocycles. The maximum Gasteiger partial charge on any atom is 0.246 e. The van der Waals surface area contributed by atoms with E-state index >= 15 is 0 Å². The average Bonchev–Trinajstić information content (AvgIpc) is 2.43. The maximum absolute atomic E-state index is 14.0. The Kier molecular flexibility index (Phi) is 6.77. The van der Waals surface area contributed by atoms with Crippen LogP contribution in [0.5, 0.6) is 0 Å². The van der Waals surface area contributed by atoms with Crippen molar-refractivity contribution < 1.29 is 12.8 Å². The first-order valence-corrected chi connectivity index (χ1v) is 8.79. The second-order valence-electron chi connectivity index (χ2n) is 5.25. The molecule has 0 atom stereocenters. The van der Waals surface area contributed by atoms with E-state index in [0.29, 0.717) is 19.5 Å². The summed E-state index contributed by atoms with van der Waals surface area (Å²) in [4.78, 5) is -0.236. The maximum atomic E-state index is 14.0. The van der Waals surface area contributed by atoms with Crippen molar-refractivity contribution in [2.45, 2.75) is 51.6 Å². The number of nitrogens with one attached hydrogen (secondary N) is 1. The van der Waals surface area contributed by atoms with E-state index in [1.54, 1.807) is 19.9 Å². The quantitative estimate of drug-likeness (QED) is 0.802. The zero-order valence-corrected chi connectivity index (χ0v) is 14.0. The van der Waals surface area contributed by atoms with Crippen molar-refractivity contribution in [2.24, 2.45) is 0 Å². The van der Waals surface area contributed by atoms with Crippen molar-refractivity contribution in [1.82, 2.24) is 9.62 Å². The third kappa shape index (κ3) is 4.49. The lowest BCUT2D eigenvalue weighted by Gasteiger charge is -2.25. The molecule has 0 saturated heterocycles. The van der Waals surface area contributed by atoms with Crippen LogP contribution in [0.15, 0.2) is 23.1 Å². The molecule has 0 aliphatic carbocycles. The van der Waals surface area contributed by atoms with Crippen LogP contribution in [0.25, 0.3) is 0 Å². The molecule has 1 N–H and O–H groups in total. The van der Waals surface area contributed by atoms with Crippen LogP contribution in [0.4, 0.5) is 4.39 Å². The van der Waals surface area contributed by atoms with Gasteiger partial charge in [-0.25, -0.2) is 12.8 Å². The molecular formula is C15H25FN2O2S. The second-order valence-corrected chi connectivity index (χ2v) is 7.11. The highest BCUT2D eigenvalue weighted by atomic mass is 32.2. The van der Waals surface area contributed by atoms with Crippen molar-refractivity contribution in [3.05, 3.63) is 29.6 Å². The van der Waals surface area contributed by atoms with Gasteiger partial charge in [-0.1, -0.05) is 19.9 Å².